The third-order valence-corrected chi connectivity index (χ3v) is 5.95. The number of piperidine rings is 2. The molecule has 2 heterocycles. The van der Waals surface area contributed by atoms with Crippen molar-refractivity contribution in [3.8, 4) is 0 Å². The first kappa shape index (κ1) is 15.3. The Bertz CT molecular complexity index is 376. The summed E-state index contributed by atoms with van der Waals surface area (Å²) in [4.78, 5) is 14.9. The fourth-order valence-corrected chi connectivity index (χ4v) is 4.30. The van der Waals surface area contributed by atoms with E-state index in [-0.39, 0.29) is 0 Å². The molecular weight excluding hydrogens is 262 g/mol. The van der Waals surface area contributed by atoms with Gasteiger partial charge in [-0.05, 0) is 76.9 Å². The van der Waals surface area contributed by atoms with Crippen LogP contribution in [0.2, 0.25) is 0 Å². The number of carbonyl (C=O) groups excluding carboxylic acids is 1. The fourth-order valence-electron chi connectivity index (χ4n) is 4.30. The molecule has 2 aliphatic heterocycles. The fraction of sp³-hybridized carbons (Fsp3) is 0.941. The Morgan fingerprint density at radius 2 is 2.14 bits per heavy atom. The molecule has 2 N–H and O–H groups in total. The number of rotatable bonds is 4. The highest BCUT2D eigenvalue weighted by molar-refractivity contribution is 5.82. The number of likely N-dealkylation sites (tertiary alicyclic amines) is 1. The van der Waals surface area contributed by atoms with Gasteiger partial charge in [-0.2, -0.15) is 0 Å². The van der Waals surface area contributed by atoms with Gasteiger partial charge in [-0.15, -0.1) is 0 Å². The summed E-state index contributed by atoms with van der Waals surface area (Å²) in [7, 11) is 0. The molecule has 21 heavy (non-hydrogen) atoms. The zero-order valence-electron chi connectivity index (χ0n) is 13.7. The highest BCUT2D eigenvalue weighted by Gasteiger charge is 2.57. The lowest BCUT2D eigenvalue weighted by molar-refractivity contribution is -0.123. The second-order valence-corrected chi connectivity index (χ2v) is 7.71. The molecule has 3 fully saturated rings. The van der Waals surface area contributed by atoms with Crippen LogP contribution in [-0.4, -0.2) is 49.6 Å². The number of hydrogen-bond donors (Lipinski definition) is 2. The van der Waals surface area contributed by atoms with Gasteiger partial charge in [0, 0.05) is 25.0 Å². The average molecular weight is 293 g/mol. The number of carbonyl (C=O) groups is 1. The summed E-state index contributed by atoms with van der Waals surface area (Å²) in [6.45, 7) is 9.98. The lowest BCUT2D eigenvalue weighted by atomic mass is 9.91. The lowest BCUT2D eigenvalue weighted by Gasteiger charge is -2.35. The highest BCUT2D eigenvalue weighted by Crippen LogP contribution is 2.58. The Labute approximate surface area is 129 Å². The second-order valence-electron chi connectivity index (χ2n) is 7.71. The monoisotopic (exact) mass is 293 g/mol. The van der Waals surface area contributed by atoms with Crippen LogP contribution < -0.4 is 10.6 Å². The summed E-state index contributed by atoms with van der Waals surface area (Å²) in [5, 5.41) is 6.66. The molecule has 3 rings (SSSR count). The SMILES string of the molecule is CC(C)N1CCCC(CNC(=O)C2CC23CCNCC3)C1. The molecule has 120 valence electrons. The predicted octanol–water partition coefficient (Wildman–Crippen LogP) is 1.61. The van der Waals surface area contributed by atoms with E-state index in [0.717, 1.165) is 32.6 Å². The summed E-state index contributed by atoms with van der Waals surface area (Å²) in [5.41, 5.74) is 0.367. The summed E-state index contributed by atoms with van der Waals surface area (Å²) >= 11 is 0. The normalized spacial score (nSPS) is 32.3. The Hall–Kier alpha value is -0.610. The van der Waals surface area contributed by atoms with Gasteiger partial charge in [-0.3, -0.25) is 4.79 Å². The van der Waals surface area contributed by atoms with Crippen molar-refractivity contribution in [3.05, 3.63) is 0 Å². The molecule has 1 saturated carbocycles. The molecule has 1 aliphatic carbocycles. The van der Waals surface area contributed by atoms with Crippen LogP contribution in [0.4, 0.5) is 0 Å². The highest BCUT2D eigenvalue weighted by atomic mass is 16.2. The minimum absolute atomic E-state index is 0.310. The number of nitrogens with one attached hydrogen (secondary N) is 2. The first-order valence-electron chi connectivity index (χ1n) is 8.83. The summed E-state index contributed by atoms with van der Waals surface area (Å²) in [5.74, 6) is 1.29. The molecule has 0 aromatic rings. The van der Waals surface area contributed by atoms with Crippen LogP contribution in [0.15, 0.2) is 0 Å². The van der Waals surface area contributed by atoms with Crippen LogP contribution in [0.25, 0.3) is 0 Å². The Balaban J connectivity index is 1.42. The predicted molar refractivity (Wildman–Crippen MR) is 85.1 cm³/mol. The van der Waals surface area contributed by atoms with Gasteiger partial charge < -0.3 is 15.5 Å². The molecule has 0 aromatic carbocycles. The third-order valence-electron chi connectivity index (χ3n) is 5.95. The van der Waals surface area contributed by atoms with Crippen molar-refractivity contribution in [3.63, 3.8) is 0 Å². The van der Waals surface area contributed by atoms with Crippen LogP contribution in [0, 0.1) is 17.3 Å². The van der Waals surface area contributed by atoms with Crippen molar-refractivity contribution in [1.29, 1.82) is 0 Å². The van der Waals surface area contributed by atoms with Gasteiger partial charge in [-0.1, -0.05) is 0 Å². The lowest BCUT2D eigenvalue weighted by Crippen LogP contribution is -2.44. The number of hydrogen-bond acceptors (Lipinski definition) is 3. The summed E-state index contributed by atoms with van der Waals surface area (Å²) < 4.78 is 0. The average Bonchev–Trinajstić information content (AvgIpc) is 3.19. The molecule has 0 radical (unpaired) electrons. The van der Waals surface area contributed by atoms with E-state index >= 15 is 0 Å². The number of amides is 1. The zero-order valence-corrected chi connectivity index (χ0v) is 13.7. The zero-order chi connectivity index (χ0) is 14.9. The molecule has 1 amide bonds. The van der Waals surface area contributed by atoms with E-state index in [1.165, 1.54) is 32.2 Å². The maximum absolute atomic E-state index is 12.4. The van der Waals surface area contributed by atoms with Crippen molar-refractivity contribution in [2.45, 2.75) is 52.0 Å². The first-order chi connectivity index (χ1) is 10.1. The van der Waals surface area contributed by atoms with E-state index < -0.39 is 0 Å². The largest absolute Gasteiger partial charge is 0.356 e. The van der Waals surface area contributed by atoms with Crippen molar-refractivity contribution < 1.29 is 4.79 Å². The molecule has 0 bridgehead atoms. The van der Waals surface area contributed by atoms with Gasteiger partial charge in [0.05, 0.1) is 0 Å². The van der Waals surface area contributed by atoms with Crippen molar-refractivity contribution in [1.82, 2.24) is 15.5 Å². The molecule has 2 atom stereocenters. The second kappa shape index (κ2) is 6.25. The van der Waals surface area contributed by atoms with Gasteiger partial charge in [-0.25, -0.2) is 0 Å². The van der Waals surface area contributed by atoms with Gasteiger partial charge in [0.2, 0.25) is 5.91 Å². The summed E-state index contributed by atoms with van der Waals surface area (Å²) in [6, 6.07) is 0.630. The third kappa shape index (κ3) is 3.42. The topological polar surface area (TPSA) is 44.4 Å². The molecule has 2 saturated heterocycles. The van der Waals surface area contributed by atoms with E-state index in [4.69, 9.17) is 0 Å². The Morgan fingerprint density at radius 1 is 1.38 bits per heavy atom. The number of nitrogens with zero attached hydrogens (tertiary/aromatic N) is 1. The molecular formula is C17H31N3O. The molecule has 4 heteroatoms. The van der Waals surface area contributed by atoms with E-state index in [9.17, 15) is 4.79 Å². The molecule has 0 aromatic heterocycles. The van der Waals surface area contributed by atoms with Gasteiger partial charge in [0.1, 0.15) is 0 Å². The van der Waals surface area contributed by atoms with Crippen LogP contribution in [0.1, 0.15) is 46.0 Å². The molecule has 1 spiro atoms. The van der Waals surface area contributed by atoms with E-state index in [1.807, 2.05) is 0 Å². The summed E-state index contributed by atoms with van der Waals surface area (Å²) in [6.07, 6.45) is 6.05. The smallest absolute Gasteiger partial charge is 0.223 e. The van der Waals surface area contributed by atoms with Gasteiger partial charge in [0.15, 0.2) is 0 Å². The minimum Gasteiger partial charge on any atom is -0.356 e. The minimum atomic E-state index is 0.310. The molecule has 3 aliphatic rings. The van der Waals surface area contributed by atoms with Gasteiger partial charge in [0.25, 0.3) is 0 Å². The van der Waals surface area contributed by atoms with Crippen molar-refractivity contribution in [2.24, 2.45) is 17.3 Å². The van der Waals surface area contributed by atoms with E-state index in [2.05, 4.69) is 29.4 Å². The molecule has 4 nitrogen and oxygen atoms in total. The standard InChI is InChI=1S/C17H31N3O/c1-13(2)20-9-3-4-14(12-20)11-19-16(21)15-10-17(15)5-7-18-8-6-17/h13-15,18H,3-12H2,1-2H3,(H,19,21). The van der Waals surface area contributed by atoms with Crippen molar-refractivity contribution in [2.75, 3.05) is 32.7 Å². The van der Waals surface area contributed by atoms with Crippen molar-refractivity contribution >= 4 is 5.91 Å². The Morgan fingerprint density at radius 3 is 2.86 bits per heavy atom. The maximum atomic E-state index is 12.4. The van der Waals surface area contributed by atoms with Crippen LogP contribution >= 0.6 is 0 Å². The quantitative estimate of drug-likeness (QED) is 0.828. The van der Waals surface area contributed by atoms with Crippen LogP contribution in [-0.2, 0) is 4.79 Å². The van der Waals surface area contributed by atoms with E-state index in [1.54, 1.807) is 0 Å². The Kier molecular flexibility index (Phi) is 4.55. The van der Waals surface area contributed by atoms with Gasteiger partial charge >= 0.3 is 0 Å². The van der Waals surface area contributed by atoms with Crippen LogP contribution in [0.5, 0.6) is 0 Å². The first-order valence-corrected chi connectivity index (χ1v) is 8.83. The maximum Gasteiger partial charge on any atom is 0.223 e. The van der Waals surface area contributed by atoms with Crippen LogP contribution in [0.3, 0.4) is 0 Å². The molecule has 2 unspecified atom stereocenters. The van der Waals surface area contributed by atoms with E-state index in [0.29, 0.717) is 29.2 Å².